The maximum atomic E-state index is 12.3. The Morgan fingerprint density at radius 3 is 2.55 bits per heavy atom. The fraction of sp³-hybridized carbons (Fsp3) is 0.462. The van der Waals surface area contributed by atoms with E-state index in [0.29, 0.717) is 0 Å². The van der Waals surface area contributed by atoms with Crippen LogP contribution >= 0.6 is 0 Å². The number of carbonyl (C=O) groups is 1. The zero-order valence-electron chi connectivity index (χ0n) is 11.3. The van der Waals surface area contributed by atoms with Crippen LogP contribution in [-0.4, -0.2) is 38.7 Å². The first kappa shape index (κ1) is 15.0. The molecule has 0 radical (unpaired) electrons. The number of nitrogens with one attached hydrogen (secondary N) is 1. The number of hydrogen-bond acceptors (Lipinski definition) is 4. The summed E-state index contributed by atoms with van der Waals surface area (Å²) in [4.78, 5) is 11.4. The van der Waals surface area contributed by atoms with Crippen LogP contribution in [0.3, 0.4) is 0 Å². The number of aryl methyl sites for hydroxylation is 1. The largest absolute Gasteiger partial charge is 0.481 e. The average molecular weight is 299 g/mol. The van der Waals surface area contributed by atoms with E-state index >= 15 is 0 Å². The summed E-state index contributed by atoms with van der Waals surface area (Å²) in [6, 6.07) is 5.58. The Kier molecular flexibility index (Phi) is 3.86. The van der Waals surface area contributed by atoms with Crippen molar-refractivity contribution in [1.29, 1.82) is 0 Å². The number of carboxylic acid groups (broad SMARTS) is 1. The van der Waals surface area contributed by atoms with Gasteiger partial charge in [-0.25, -0.2) is 13.1 Å². The van der Waals surface area contributed by atoms with Crippen LogP contribution in [0.2, 0.25) is 0 Å². The first-order chi connectivity index (χ1) is 9.25. The average Bonchev–Trinajstić information content (AvgIpc) is 2.72. The first-order valence-corrected chi connectivity index (χ1v) is 7.64. The minimum absolute atomic E-state index is 0.0105. The van der Waals surface area contributed by atoms with Gasteiger partial charge in [-0.3, -0.25) is 4.79 Å². The number of rotatable bonds is 4. The Labute approximate surface area is 117 Å². The van der Waals surface area contributed by atoms with Gasteiger partial charge in [0.25, 0.3) is 0 Å². The van der Waals surface area contributed by atoms with E-state index in [4.69, 9.17) is 4.74 Å². The molecule has 2 atom stereocenters. The molecule has 1 aliphatic rings. The Morgan fingerprint density at radius 2 is 2.00 bits per heavy atom. The number of ether oxygens (including phenoxy) is 1. The predicted octanol–water partition coefficient (Wildman–Crippen LogP) is 0.763. The summed E-state index contributed by atoms with van der Waals surface area (Å²) in [5.74, 6) is -1.08. The van der Waals surface area contributed by atoms with Gasteiger partial charge in [-0.05, 0) is 26.0 Å². The van der Waals surface area contributed by atoms with Gasteiger partial charge in [-0.1, -0.05) is 17.7 Å². The van der Waals surface area contributed by atoms with Gasteiger partial charge in [-0.2, -0.15) is 0 Å². The van der Waals surface area contributed by atoms with Crippen molar-refractivity contribution in [3.63, 3.8) is 0 Å². The molecular formula is C13H17NO5S. The van der Waals surface area contributed by atoms with Gasteiger partial charge >= 0.3 is 5.97 Å². The summed E-state index contributed by atoms with van der Waals surface area (Å²) in [6.07, 6.45) is 0. The van der Waals surface area contributed by atoms with E-state index in [1.54, 1.807) is 12.1 Å². The van der Waals surface area contributed by atoms with Gasteiger partial charge in [0.05, 0.1) is 24.2 Å². The molecule has 0 spiro atoms. The molecule has 20 heavy (non-hydrogen) atoms. The molecule has 6 nitrogen and oxygen atoms in total. The molecule has 1 aliphatic heterocycles. The molecule has 2 rings (SSSR count). The highest BCUT2D eigenvalue weighted by Crippen LogP contribution is 2.29. The standard InChI is InChI=1S/C13H17NO5S/c1-9-3-5-10(6-4-9)20(17,18)14-11-7-19-8-13(11,2)12(15)16/h3-6,11,14H,7-8H2,1-2H3,(H,15,16). The van der Waals surface area contributed by atoms with Crippen LogP contribution in [0.4, 0.5) is 0 Å². The Morgan fingerprint density at radius 1 is 1.40 bits per heavy atom. The highest BCUT2D eigenvalue weighted by atomic mass is 32.2. The molecule has 0 aromatic heterocycles. The second-order valence-electron chi connectivity index (χ2n) is 5.22. The lowest BCUT2D eigenvalue weighted by atomic mass is 9.86. The third kappa shape index (κ3) is 2.70. The predicted molar refractivity (Wildman–Crippen MR) is 71.9 cm³/mol. The van der Waals surface area contributed by atoms with Gasteiger partial charge < -0.3 is 9.84 Å². The van der Waals surface area contributed by atoms with Crippen LogP contribution < -0.4 is 4.72 Å². The van der Waals surface area contributed by atoms with Gasteiger partial charge in [0, 0.05) is 0 Å². The van der Waals surface area contributed by atoms with E-state index in [1.165, 1.54) is 19.1 Å². The highest BCUT2D eigenvalue weighted by Gasteiger charge is 2.48. The van der Waals surface area contributed by atoms with Crippen LogP contribution in [-0.2, 0) is 19.6 Å². The summed E-state index contributed by atoms with van der Waals surface area (Å²) in [7, 11) is -3.76. The molecular weight excluding hydrogens is 282 g/mol. The van der Waals surface area contributed by atoms with Crippen molar-refractivity contribution < 1.29 is 23.1 Å². The summed E-state index contributed by atoms with van der Waals surface area (Å²) < 4.78 is 32.1. The van der Waals surface area contributed by atoms with Crippen molar-refractivity contribution in [1.82, 2.24) is 4.72 Å². The lowest BCUT2D eigenvalue weighted by Gasteiger charge is -2.25. The molecule has 110 valence electrons. The minimum Gasteiger partial charge on any atom is -0.481 e. The lowest BCUT2D eigenvalue weighted by Crippen LogP contribution is -2.49. The number of benzene rings is 1. The summed E-state index contributed by atoms with van der Waals surface area (Å²) in [5, 5.41) is 9.23. The van der Waals surface area contributed by atoms with E-state index in [2.05, 4.69) is 4.72 Å². The molecule has 7 heteroatoms. The quantitative estimate of drug-likeness (QED) is 0.856. The van der Waals surface area contributed by atoms with Crippen molar-refractivity contribution >= 4 is 16.0 Å². The molecule has 0 saturated carbocycles. The maximum absolute atomic E-state index is 12.3. The molecule has 0 bridgehead atoms. The summed E-state index contributed by atoms with van der Waals surface area (Å²) in [5.41, 5.74) is -0.305. The Hall–Kier alpha value is -1.44. The fourth-order valence-electron chi connectivity index (χ4n) is 2.02. The molecule has 1 saturated heterocycles. The molecule has 1 aromatic carbocycles. The van der Waals surface area contributed by atoms with E-state index in [1.807, 2.05) is 6.92 Å². The molecule has 0 aliphatic carbocycles. The molecule has 2 unspecified atom stereocenters. The molecule has 1 heterocycles. The smallest absolute Gasteiger partial charge is 0.313 e. The van der Waals surface area contributed by atoms with Crippen LogP contribution in [0.15, 0.2) is 29.2 Å². The normalized spacial score (nSPS) is 26.6. The van der Waals surface area contributed by atoms with E-state index in [0.717, 1.165) is 5.56 Å². The van der Waals surface area contributed by atoms with Crippen molar-refractivity contribution in [2.75, 3.05) is 13.2 Å². The van der Waals surface area contributed by atoms with Gasteiger partial charge in [0.1, 0.15) is 5.41 Å². The van der Waals surface area contributed by atoms with Gasteiger partial charge in [0.15, 0.2) is 0 Å². The van der Waals surface area contributed by atoms with Crippen LogP contribution in [0.5, 0.6) is 0 Å². The van der Waals surface area contributed by atoms with Crippen LogP contribution in [0, 0.1) is 12.3 Å². The van der Waals surface area contributed by atoms with Gasteiger partial charge in [0.2, 0.25) is 10.0 Å². The van der Waals surface area contributed by atoms with Crippen LogP contribution in [0.25, 0.3) is 0 Å². The van der Waals surface area contributed by atoms with E-state index < -0.39 is 27.4 Å². The number of carboxylic acids is 1. The third-order valence-electron chi connectivity index (χ3n) is 3.57. The van der Waals surface area contributed by atoms with Crippen molar-refractivity contribution in [2.45, 2.75) is 24.8 Å². The molecule has 0 amide bonds. The van der Waals surface area contributed by atoms with Gasteiger partial charge in [-0.15, -0.1) is 0 Å². The second kappa shape index (κ2) is 5.16. The topological polar surface area (TPSA) is 92.7 Å². The second-order valence-corrected chi connectivity index (χ2v) is 6.94. The number of hydrogen-bond donors (Lipinski definition) is 2. The Balaban J connectivity index is 2.24. The maximum Gasteiger partial charge on any atom is 0.313 e. The molecule has 1 fully saturated rings. The zero-order chi connectivity index (χ0) is 15.0. The van der Waals surface area contributed by atoms with Crippen molar-refractivity contribution in [2.24, 2.45) is 5.41 Å². The zero-order valence-corrected chi connectivity index (χ0v) is 12.1. The monoisotopic (exact) mass is 299 g/mol. The third-order valence-corrected chi connectivity index (χ3v) is 5.06. The van der Waals surface area contributed by atoms with E-state index in [-0.39, 0.29) is 18.1 Å². The fourth-order valence-corrected chi connectivity index (χ4v) is 3.35. The molecule has 1 aromatic rings. The van der Waals surface area contributed by atoms with Crippen molar-refractivity contribution in [3.8, 4) is 0 Å². The van der Waals surface area contributed by atoms with E-state index in [9.17, 15) is 18.3 Å². The lowest BCUT2D eigenvalue weighted by molar-refractivity contribution is -0.148. The number of sulfonamides is 1. The van der Waals surface area contributed by atoms with Crippen molar-refractivity contribution in [3.05, 3.63) is 29.8 Å². The first-order valence-electron chi connectivity index (χ1n) is 6.16. The summed E-state index contributed by atoms with van der Waals surface area (Å²) >= 11 is 0. The minimum atomic E-state index is -3.76. The highest BCUT2D eigenvalue weighted by molar-refractivity contribution is 7.89. The SMILES string of the molecule is Cc1ccc(S(=O)(=O)NC2COCC2(C)C(=O)O)cc1. The number of aliphatic carboxylic acids is 1. The Bertz CT molecular complexity index is 610. The summed E-state index contributed by atoms with van der Waals surface area (Å²) in [6.45, 7) is 3.37. The molecule has 2 N–H and O–H groups in total. The van der Waals surface area contributed by atoms with Crippen LogP contribution in [0.1, 0.15) is 12.5 Å².